The maximum atomic E-state index is 11.8. The van der Waals surface area contributed by atoms with Crippen LogP contribution in [0.4, 0.5) is 0 Å². The lowest BCUT2D eigenvalue weighted by Gasteiger charge is -2.29. The lowest BCUT2D eigenvalue weighted by atomic mass is 10.1. The van der Waals surface area contributed by atoms with Crippen LogP contribution in [0.3, 0.4) is 0 Å². The lowest BCUT2D eigenvalue weighted by molar-refractivity contribution is -0.226. The molecule has 4 nitrogen and oxygen atoms in total. The fraction of sp³-hybridized carbons (Fsp3) is 0.867. The first-order valence-corrected chi connectivity index (χ1v) is 7.33. The third-order valence-corrected chi connectivity index (χ3v) is 3.29. The van der Waals surface area contributed by atoms with Gasteiger partial charge in [0.05, 0.1) is 5.92 Å². The zero-order valence-corrected chi connectivity index (χ0v) is 13.0. The summed E-state index contributed by atoms with van der Waals surface area (Å²) < 4.78 is 10.7. The third kappa shape index (κ3) is 7.19. The molecule has 0 bridgehead atoms. The van der Waals surface area contributed by atoms with Crippen LogP contribution in [0, 0.1) is 5.92 Å². The monoisotopic (exact) mass is 272 g/mol. The molecule has 0 aromatic heterocycles. The minimum Gasteiger partial charge on any atom is -0.423 e. The van der Waals surface area contributed by atoms with Gasteiger partial charge in [-0.1, -0.05) is 40.5 Å². The maximum absolute atomic E-state index is 11.8. The SMILES string of the molecule is CCCCCC(=O)OC(C)(CC)OC(=O)C(C)CC. The zero-order valence-electron chi connectivity index (χ0n) is 13.0. The minimum absolute atomic E-state index is 0.176. The second-order valence-electron chi connectivity index (χ2n) is 5.15. The Morgan fingerprint density at radius 2 is 1.74 bits per heavy atom. The number of ether oxygens (including phenoxy) is 2. The smallest absolute Gasteiger partial charge is 0.311 e. The average molecular weight is 272 g/mol. The van der Waals surface area contributed by atoms with Gasteiger partial charge in [-0.25, -0.2) is 0 Å². The molecule has 2 atom stereocenters. The molecule has 0 heterocycles. The fourth-order valence-corrected chi connectivity index (χ4v) is 1.46. The minimum atomic E-state index is -1.14. The van der Waals surface area contributed by atoms with Crippen LogP contribution in [-0.4, -0.2) is 17.7 Å². The van der Waals surface area contributed by atoms with Gasteiger partial charge >= 0.3 is 11.9 Å². The number of rotatable bonds is 9. The first-order chi connectivity index (χ1) is 8.88. The fourth-order valence-electron chi connectivity index (χ4n) is 1.46. The number of carbonyl (C=O) groups is 2. The van der Waals surface area contributed by atoms with E-state index >= 15 is 0 Å². The highest BCUT2D eigenvalue weighted by Gasteiger charge is 2.32. The topological polar surface area (TPSA) is 52.6 Å². The van der Waals surface area contributed by atoms with Crippen molar-refractivity contribution in [3.05, 3.63) is 0 Å². The molecule has 0 aromatic rings. The van der Waals surface area contributed by atoms with Gasteiger partial charge in [0.1, 0.15) is 0 Å². The molecule has 0 spiro atoms. The van der Waals surface area contributed by atoms with E-state index in [2.05, 4.69) is 6.92 Å². The molecular weight excluding hydrogens is 244 g/mol. The molecule has 0 fully saturated rings. The van der Waals surface area contributed by atoms with Crippen LogP contribution < -0.4 is 0 Å². The van der Waals surface area contributed by atoms with E-state index in [0.717, 1.165) is 19.3 Å². The molecule has 4 heteroatoms. The molecule has 0 saturated carbocycles. The van der Waals surface area contributed by atoms with Gasteiger partial charge in [-0.2, -0.15) is 0 Å². The lowest BCUT2D eigenvalue weighted by Crippen LogP contribution is -2.38. The van der Waals surface area contributed by atoms with Gasteiger partial charge in [0.25, 0.3) is 5.79 Å². The largest absolute Gasteiger partial charge is 0.423 e. The highest BCUT2D eigenvalue weighted by atomic mass is 16.7. The van der Waals surface area contributed by atoms with E-state index in [1.807, 2.05) is 20.8 Å². The molecule has 19 heavy (non-hydrogen) atoms. The number of unbranched alkanes of at least 4 members (excludes halogenated alkanes) is 2. The summed E-state index contributed by atoms with van der Waals surface area (Å²) in [6.45, 7) is 9.29. The summed E-state index contributed by atoms with van der Waals surface area (Å²) in [6.07, 6.45) is 4.42. The van der Waals surface area contributed by atoms with Crippen LogP contribution in [0.2, 0.25) is 0 Å². The molecule has 112 valence electrons. The van der Waals surface area contributed by atoms with Crippen LogP contribution in [0.5, 0.6) is 0 Å². The third-order valence-electron chi connectivity index (χ3n) is 3.29. The van der Waals surface area contributed by atoms with Crippen LogP contribution in [0.25, 0.3) is 0 Å². The van der Waals surface area contributed by atoms with Crippen LogP contribution in [0.1, 0.15) is 73.1 Å². The number of carbonyl (C=O) groups excluding carboxylic acids is 2. The Kier molecular flexibility index (Phi) is 8.44. The normalized spacial score (nSPS) is 15.4. The second-order valence-corrected chi connectivity index (χ2v) is 5.15. The van der Waals surface area contributed by atoms with Gasteiger partial charge in [-0.05, 0) is 12.8 Å². The predicted octanol–water partition coefficient (Wildman–Crippen LogP) is 3.83. The van der Waals surface area contributed by atoms with E-state index in [1.54, 1.807) is 6.92 Å². The van der Waals surface area contributed by atoms with E-state index in [1.165, 1.54) is 0 Å². The molecule has 0 aliphatic carbocycles. The first-order valence-electron chi connectivity index (χ1n) is 7.33. The van der Waals surface area contributed by atoms with Crippen molar-refractivity contribution >= 4 is 11.9 Å². The zero-order chi connectivity index (χ0) is 14.9. The van der Waals surface area contributed by atoms with E-state index in [-0.39, 0.29) is 17.9 Å². The van der Waals surface area contributed by atoms with E-state index in [9.17, 15) is 9.59 Å². The van der Waals surface area contributed by atoms with Crippen molar-refractivity contribution in [1.82, 2.24) is 0 Å². The van der Waals surface area contributed by atoms with Gasteiger partial charge in [0.15, 0.2) is 0 Å². The Labute approximate surface area is 116 Å². The van der Waals surface area contributed by atoms with Crippen molar-refractivity contribution in [2.45, 2.75) is 78.9 Å². The van der Waals surface area contributed by atoms with Crippen molar-refractivity contribution < 1.29 is 19.1 Å². The molecule has 0 rings (SSSR count). The van der Waals surface area contributed by atoms with Crippen molar-refractivity contribution in [1.29, 1.82) is 0 Å². The summed E-state index contributed by atoms with van der Waals surface area (Å²) in [5.41, 5.74) is 0. The predicted molar refractivity (Wildman–Crippen MR) is 74.5 cm³/mol. The molecule has 0 amide bonds. The maximum Gasteiger partial charge on any atom is 0.311 e. The summed E-state index contributed by atoms with van der Waals surface area (Å²) in [6, 6.07) is 0. The molecular formula is C15H28O4. The summed E-state index contributed by atoms with van der Waals surface area (Å²) >= 11 is 0. The summed E-state index contributed by atoms with van der Waals surface area (Å²) in [7, 11) is 0. The van der Waals surface area contributed by atoms with Crippen molar-refractivity contribution in [3.8, 4) is 0 Å². The molecule has 0 N–H and O–H groups in total. The highest BCUT2D eigenvalue weighted by Crippen LogP contribution is 2.21. The Bertz CT molecular complexity index is 288. The first kappa shape index (κ1) is 17.9. The molecule has 0 aliphatic heterocycles. The van der Waals surface area contributed by atoms with Crippen LogP contribution >= 0.6 is 0 Å². The van der Waals surface area contributed by atoms with Crippen LogP contribution in [-0.2, 0) is 19.1 Å². The van der Waals surface area contributed by atoms with Gasteiger partial charge in [0, 0.05) is 19.8 Å². The molecule has 0 aromatic carbocycles. The number of hydrogen-bond acceptors (Lipinski definition) is 4. The van der Waals surface area contributed by atoms with E-state index in [4.69, 9.17) is 9.47 Å². The second kappa shape index (κ2) is 8.94. The number of hydrogen-bond donors (Lipinski definition) is 0. The van der Waals surface area contributed by atoms with Gasteiger partial charge in [-0.15, -0.1) is 0 Å². The Morgan fingerprint density at radius 1 is 1.11 bits per heavy atom. The van der Waals surface area contributed by atoms with E-state index < -0.39 is 5.79 Å². The Hall–Kier alpha value is -1.06. The summed E-state index contributed by atoms with van der Waals surface area (Å²) in [5.74, 6) is -1.92. The Balaban J connectivity index is 4.35. The van der Waals surface area contributed by atoms with E-state index in [0.29, 0.717) is 19.3 Å². The number of esters is 2. The molecule has 0 saturated heterocycles. The molecule has 2 unspecified atom stereocenters. The van der Waals surface area contributed by atoms with Crippen molar-refractivity contribution in [3.63, 3.8) is 0 Å². The van der Waals surface area contributed by atoms with Gasteiger partial charge in [0.2, 0.25) is 0 Å². The molecule has 0 radical (unpaired) electrons. The van der Waals surface area contributed by atoms with Crippen molar-refractivity contribution in [2.75, 3.05) is 0 Å². The van der Waals surface area contributed by atoms with Crippen LogP contribution in [0.15, 0.2) is 0 Å². The molecule has 0 aliphatic rings. The Morgan fingerprint density at radius 3 is 2.21 bits per heavy atom. The van der Waals surface area contributed by atoms with Gasteiger partial charge < -0.3 is 9.47 Å². The summed E-state index contributed by atoms with van der Waals surface area (Å²) in [4.78, 5) is 23.5. The standard InChI is InChI=1S/C15H28O4/c1-6-9-10-11-13(16)18-15(5,8-3)19-14(17)12(4)7-2/h12H,6-11H2,1-5H3. The summed E-state index contributed by atoms with van der Waals surface area (Å²) in [5, 5.41) is 0. The van der Waals surface area contributed by atoms with Gasteiger partial charge in [-0.3, -0.25) is 9.59 Å². The van der Waals surface area contributed by atoms with Crippen molar-refractivity contribution in [2.24, 2.45) is 5.92 Å². The average Bonchev–Trinajstić information content (AvgIpc) is 2.37. The quantitative estimate of drug-likeness (QED) is 0.364. The highest BCUT2D eigenvalue weighted by molar-refractivity contribution is 5.73.